The third-order valence-corrected chi connectivity index (χ3v) is 5.59. The molecule has 4 rings (SSSR count). The van der Waals surface area contributed by atoms with E-state index in [1.165, 1.54) is 0 Å². The number of aromatic nitrogens is 3. The summed E-state index contributed by atoms with van der Waals surface area (Å²) in [6.07, 6.45) is 0. The zero-order chi connectivity index (χ0) is 24.2. The molecule has 1 amide bonds. The van der Waals surface area contributed by atoms with Gasteiger partial charge in [-0.3, -0.25) is 14.2 Å². The van der Waals surface area contributed by atoms with E-state index < -0.39 is 17.2 Å². The summed E-state index contributed by atoms with van der Waals surface area (Å²) in [6.45, 7) is 5.69. The van der Waals surface area contributed by atoms with Gasteiger partial charge in [-0.1, -0.05) is 72.3 Å². The van der Waals surface area contributed by atoms with Crippen molar-refractivity contribution in [1.29, 1.82) is 0 Å². The molecule has 0 aliphatic rings. The lowest BCUT2D eigenvalue weighted by Gasteiger charge is -2.16. The average molecular weight is 455 g/mol. The molecule has 0 spiro atoms. The fourth-order valence-electron chi connectivity index (χ4n) is 3.81. The molecule has 1 aromatic heterocycles. The van der Waals surface area contributed by atoms with Crippen LogP contribution in [-0.2, 0) is 6.54 Å². The smallest absolute Gasteiger partial charge is 0.344 e. The molecule has 0 saturated heterocycles. The topological polar surface area (TPSA) is 86.0 Å². The number of carbonyl (C=O) groups is 1. The summed E-state index contributed by atoms with van der Waals surface area (Å²) in [5.74, 6) is -0.638. The summed E-state index contributed by atoms with van der Waals surface area (Å²) >= 11 is 0. The normalized spacial score (nSPS) is 11.7. The molecule has 7 nitrogen and oxygen atoms in total. The Balaban J connectivity index is 1.82. The van der Waals surface area contributed by atoms with Crippen LogP contribution in [0.1, 0.15) is 45.7 Å². The van der Waals surface area contributed by atoms with Gasteiger partial charge in [0.25, 0.3) is 11.5 Å². The van der Waals surface area contributed by atoms with Crippen molar-refractivity contribution in [2.45, 2.75) is 33.4 Å². The lowest BCUT2D eigenvalue weighted by Crippen LogP contribution is -2.46. The van der Waals surface area contributed by atoms with Crippen LogP contribution in [0, 0.1) is 13.8 Å². The molecule has 0 saturated carbocycles. The molecular weight excluding hydrogens is 428 g/mol. The van der Waals surface area contributed by atoms with E-state index in [2.05, 4.69) is 10.4 Å². The van der Waals surface area contributed by atoms with Crippen molar-refractivity contribution in [1.82, 2.24) is 19.7 Å². The van der Waals surface area contributed by atoms with Crippen LogP contribution >= 0.6 is 0 Å². The summed E-state index contributed by atoms with van der Waals surface area (Å²) in [7, 11) is 0. The van der Waals surface area contributed by atoms with Crippen LogP contribution in [0.25, 0.3) is 5.69 Å². The molecule has 172 valence electrons. The molecule has 1 N–H and O–H groups in total. The number of hydrogen-bond acceptors (Lipinski definition) is 4. The minimum absolute atomic E-state index is 0.0300. The number of nitrogens with one attached hydrogen (secondary N) is 1. The van der Waals surface area contributed by atoms with Gasteiger partial charge in [0.05, 0.1) is 18.3 Å². The van der Waals surface area contributed by atoms with E-state index in [1.54, 1.807) is 18.2 Å². The lowest BCUT2D eigenvalue weighted by molar-refractivity contribution is 0.0930. The number of aryl methyl sites for hydroxylation is 2. The Morgan fingerprint density at radius 1 is 0.912 bits per heavy atom. The molecule has 4 aromatic rings. The summed E-state index contributed by atoms with van der Waals surface area (Å²) in [5, 5.41) is 7.04. The van der Waals surface area contributed by atoms with Crippen LogP contribution in [0.4, 0.5) is 0 Å². The predicted molar refractivity (Wildman–Crippen MR) is 131 cm³/mol. The van der Waals surface area contributed by atoms with E-state index >= 15 is 0 Å². The molecule has 0 aliphatic carbocycles. The van der Waals surface area contributed by atoms with Gasteiger partial charge < -0.3 is 5.32 Å². The quantitative estimate of drug-likeness (QED) is 0.483. The number of rotatable bonds is 6. The molecule has 0 bridgehead atoms. The standard InChI is InChI=1S/C27H26N4O3/c1-18-9-7-11-21(15-18)17-30-26(33)24(25(32)28-20(3)22-12-5-4-6-13-22)29-31(27(30)34)23-14-8-10-19(2)16-23/h4-16,20H,17H2,1-3H3,(H,28,32). The molecule has 34 heavy (non-hydrogen) atoms. The van der Waals surface area contributed by atoms with Gasteiger partial charge in [-0.2, -0.15) is 9.78 Å². The summed E-state index contributed by atoms with van der Waals surface area (Å²) in [6, 6.07) is 23.8. The van der Waals surface area contributed by atoms with Gasteiger partial charge >= 0.3 is 5.69 Å². The minimum atomic E-state index is -0.729. The van der Waals surface area contributed by atoms with Gasteiger partial charge in [0.15, 0.2) is 0 Å². The maximum atomic E-state index is 13.3. The first-order chi connectivity index (χ1) is 16.3. The zero-order valence-electron chi connectivity index (χ0n) is 19.4. The van der Waals surface area contributed by atoms with Gasteiger partial charge in [0, 0.05) is 0 Å². The maximum absolute atomic E-state index is 13.3. The Morgan fingerprint density at radius 3 is 2.26 bits per heavy atom. The molecule has 0 fully saturated rings. The zero-order valence-corrected chi connectivity index (χ0v) is 19.4. The van der Waals surface area contributed by atoms with Crippen molar-refractivity contribution in [2.24, 2.45) is 0 Å². The molecule has 1 atom stereocenters. The Kier molecular flexibility index (Phi) is 6.54. The van der Waals surface area contributed by atoms with Crippen LogP contribution in [0.15, 0.2) is 88.5 Å². The van der Waals surface area contributed by atoms with E-state index in [-0.39, 0.29) is 18.3 Å². The molecule has 0 radical (unpaired) electrons. The number of nitrogens with zero attached hydrogens (tertiary/aromatic N) is 3. The Bertz CT molecular complexity index is 1450. The highest BCUT2D eigenvalue weighted by atomic mass is 16.2. The van der Waals surface area contributed by atoms with E-state index in [1.807, 2.05) is 81.4 Å². The largest absolute Gasteiger partial charge is 0.352 e. The van der Waals surface area contributed by atoms with Gasteiger partial charge in [0.1, 0.15) is 0 Å². The van der Waals surface area contributed by atoms with Crippen molar-refractivity contribution >= 4 is 5.91 Å². The van der Waals surface area contributed by atoms with Crippen molar-refractivity contribution in [3.05, 3.63) is 128 Å². The molecule has 7 heteroatoms. The van der Waals surface area contributed by atoms with Crippen LogP contribution in [-0.4, -0.2) is 20.3 Å². The average Bonchev–Trinajstić information content (AvgIpc) is 2.82. The first-order valence-corrected chi connectivity index (χ1v) is 11.1. The second-order valence-electron chi connectivity index (χ2n) is 8.37. The summed E-state index contributed by atoms with van der Waals surface area (Å²) in [4.78, 5) is 39.8. The maximum Gasteiger partial charge on any atom is 0.352 e. The number of hydrogen-bond donors (Lipinski definition) is 1. The molecule has 0 aliphatic heterocycles. The van der Waals surface area contributed by atoms with E-state index in [0.717, 1.165) is 31.5 Å². The minimum Gasteiger partial charge on any atom is -0.344 e. The first-order valence-electron chi connectivity index (χ1n) is 11.1. The molecule has 3 aromatic carbocycles. The van der Waals surface area contributed by atoms with Crippen LogP contribution in [0.5, 0.6) is 0 Å². The highest BCUT2D eigenvalue weighted by Crippen LogP contribution is 2.12. The first kappa shape index (κ1) is 22.9. The summed E-state index contributed by atoms with van der Waals surface area (Å²) in [5.41, 5.74) is 2.41. The monoisotopic (exact) mass is 454 g/mol. The van der Waals surface area contributed by atoms with Crippen molar-refractivity contribution in [3.63, 3.8) is 0 Å². The molecular formula is C27H26N4O3. The second-order valence-corrected chi connectivity index (χ2v) is 8.37. The third-order valence-electron chi connectivity index (χ3n) is 5.59. The van der Waals surface area contributed by atoms with Crippen LogP contribution < -0.4 is 16.6 Å². The SMILES string of the molecule is Cc1cccc(Cn2c(=O)c(C(=O)NC(C)c3ccccc3)nn(-c3cccc(C)c3)c2=O)c1. The fraction of sp³-hybridized carbons (Fsp3) is 0.185. The predicted octanol–water partition coefficient (Wildman–Crippen LogP) is 3.55. The van der Waals surface area contributed by atoms with Crippen molar-refractivity contribution < 1.29 is 4.79 Å². The van der Waals surface area contributed by atoms with Crippen molar-refractivity contribution in [3.8, 4) is 5.69 Å². The van der Waals surface area contributed by atoms with Gasteiger partial charge in [-0.05, 0) is 49.6 Å². The summed E-state index contributed by atoms with van der Waals surface area (Å²) < 4.78 is 2.18. The lowest BCUT2D eigenvalue weighted by atomic mass is 10.1. The molecule has 1 unspecified atom stereocenters. The number of amides is 1. The van der Waals surface area contributed by atoms with Crippen LogP contribution in [0.3, 0.4) is 0 Å². The van der Waals surface area contributed by atoms with Gasteiger partial charge in [0.2, 0.25) is 5.69 Å². The van der Waals surface area contributed by atoms with Gasteiger partial charge in [-0.25, -0.2) is 4.79 Å². The third kappa shape index (κ3) is 4.88. The fourth-order valence-corrected chi connectivity index (χ4v) is 3.81. The highest BCUT2D eigenvalue weighted by Gasteiger charge is 2.22. The van der Waals surface area contributed by atoms with E-state index in [4.69, 9.17) is 0 Å². The number of carbonyl (C=O) groups excluding carboxylic acids is 1. The Morgan fingerprint density at radius 2 is 1.59 bits per heavy atom. The van der Waals surface area contributed by atoms with Crippen molar-refractivity contribution in [2.75, 3.05) is 0 Å². The number of benzene rings is 3. The Labute approximate surface area is 197 Å². The highest BCUT2D eigenvalue weighted by molar-refractivity contribution is 5.92. The van der Waals surface area contributed by atoms with E-state index in [9.17, 15) is 14.4 Å². The van der Waals surface area contributed by atoms with E-state index in [0.29, 0.717) is 5.69 Å². The second kappa shape index (κ2) is 9.70. The molecule has 1 heterocycles. The van der Waals surface area contributed by atoms with Crippen LogP contribution in [0.2, 0.25) is 0 Å². The Hall–Kier alpha value is -4.26. The van der Waals surface area contributed by atoms with Gasteiger partial charge in [-0.15, -0.1) is 0 Å².